The van der Waals surface area contributed by atoms with Crippen LogP contribution in [0.1, 0.15) is 19.3 Å². The molecule has 1 aliphatic carbocycles. The van der Waals surface area contributed by atoms with E-state index in [-0.39, 0.29) is 5.91 Å². The lowest BCUT2D eigenvalue weighted by molar-refractivity contribution is -0.127. The second kappa shape index (κ2) is 3.72. The highest BCUT2D eigenvalue weighted by atomic mass is 16.2. The standard InChI is InChI=1S/C8H16N2O/c1-10(2)8(11)6-9-7-4-3-5-7/h7,9H,3-6H2,1-2H3. The number of likely N-dealkylation sites (N-methyl/N-ethyl adjacent to an activating group) is 1. The zero-order valence-electron chi connectivity index (χ0n) is 7.26. The van der Waals surface area contributed by atoms with Gasteiger partial charge in [-0.2, -0.15) is 0 Å². The number of nitrogens with one attached hydrogen (secondary N) is 1. The topological polar surface area (TPSA) is 32.3 Å². The van der Waals surface area contributed by atoms with Gasteiger partial charge in [0.15, 0.2) is 0 Å². The lowest BCUT2D eigenvalue weighted by Gasteiger charge is -2.26. The second-order valence-corrected chi connectivity index (χ2v) is 3.30. The molecule has 0 atom stereocenters. The fraction of sp³-hybridized carbons (Fsp3) is 0.875. The quantitative estimate of drug-likeness (QED) is 0.634. The summed E-state index contributed by atoms with van der Waals surface area (Å²) in [4.78, 5) is 12.7. The first kappa shape index (κ1) is 8.53. The molecule has 0 saturated heterocycles. The predicted molar refractivity (Wildman–Crippen MR) is 44.3 cm³/mol. The van der Waals surface area contributed by atoms with Crippen molar-refractivity contribution in [3.63, 3.8) is 0 Å². The molecule has 0 unspecified atom stereocenters. The summed E-state index contributed by atoms with van der Waals surface area (Å²) in [5.41, 5.74) is 0. The summed E-state index contributed by atoms with van der Waals surface area (Å²) >= 11 is 0. The molecular formula is C8H16N2O. The first-order valence-electron chi connectivity index (χ1n) is 4.13. The van der Waals surface area contributed by atoms with Crippen LogP contribution in [0.2, 0.25) is 0 Å². The SMILES string of the molecule is CN(C)C(=O)CNC1CCC1. The molecule has 64 valence electrons. The lowest BCUT2D eigenvalue weighted by Crippen LogP contribution is -2.41. The van der Waals surface area contributed by atoms with Gasteiger partial charge in [0.25, 0.3) is 0 Å². The average molecular weight is 156 g/mol. The molecule has 3 nitrogen and oxygen atoms in total. The van der Waals surface area contributed by atoms with Crippen LogP contribution in [0.5, 0.6) is 0 Å². The van der Waals surface area contributed by atoms with Crippen LogP contribution in [0.3, 0.4) is 0 Å². The van der Waals surface area contributed by atoms with Gasteiger partial charge in [-0.15, -0.1) is 0 Å². The summed E-state index contributed by atoms with van der Waals surface area (Å²) in [6.07, 6.45) is 3.79. The van der Waals surface area contributed by atoms with Crippen molar-refractivity contribution in [2.75, 3.05) is 20.6 Å². The molecule has 1 amide bonds. The molecular weight excluding hydrogens is 140 g/mol. The van der Waals surface area contributed by atoms with E-state index in [4.69, 9.17) is 0 Å². The number of hydrogen-bond donors (Lipinski definition) is 1. The van der Waals surface area contributed by atoms with Crippen LogP contribution in [-0.2, 0) is 4.79 Å². The van der Waals surface area contributed by atoms with E-state index in [2.05, 4.69) is 5.32 Å². The van der Waals surface area contributed by atoms with Gasteiger partial charge in [0.1, 0.15) is 0 Å². The maximum absolute atomic E-state index is 11.1. The minimum absolute atomic E-state index is 0.164. The molecule has 0 spiro atoms. The van der Waals surface area contributed by atoms with Crippen molar-refractivity contribution in [2.24, 2.45) is 0 Å². The van der Waals surface area contributed by atoms with E-state index < -0.39 is 0 Å². The third-order valence-electron chi connectivity index (χ3n) is 2.15. The van der Waals surface area contributed by atoms with Gasteiger partial charge >= 0.3 is 0 Å². The summed E-state index contributed by atoms with van der Waals surface area (Å²) in [5.74, 6) is 0.164. The molecule has 1 aliphatic rings. The number of hydrogen-bond acceptors (Lipinski definition) is 2. The fourth-order valence-corrected chi connectivity index (χ4v) is 1.00. The Balaban J connectivity index is 2.06. The Bertz CT molecular complexity index is 141. The van der Waals surface area contributed by atoms with Crippen LogP contribution in [0.4, 0.5) is 0 Å². The van der Waals surface area contributed by atoms with Gasteiger partial charge in [0.05, 0.1) is 6.54 Å². The Hall–Kier alpha value is -0.570. The molecule has 0 radical (unpaired) electrons. The Morgan fingerprint density at radius 1 is 1.55 bits per heavy atom. The molecule has 1 fully saturated rings. The average Bonchev–Trinajstić information content (AvgIpc) is 1.83. The van der Waals surface area contributed by atoms with Gasteiger partial charge in [0.2, 0.25) is 5.91 Å². The first-order valence-corrected chi connectivity index (χ1v) is 4.13. The highest BCUT2D eigenvalue weighted by molar-refractivity contribution is 5.77. The number of amides is 1. The number of carbonyl (C=O) groups is 1. The van der Waals surface area contributed by atoms with E-state index in [1.54, 1.807) is 19.0 Å². The van der Waals surface area contributed by atoms with Crippen LogP contribution in [0.15, 0.2) is 0 Å². The van der Waals surface area contributed by atoms with Crippen molar-refractivity contribution in [1.82, 2.24) is 10.2 Å². The van der Waals surface area contributed by atoms with Crippen molar-refractivity contribution in [1.29, 1.82) is 0 Å². The van der Waals surface area contributed by atoms with E-state index in [1.165, 1.54) is 19.3 Å². The van der Waals surface area contributed by atoms with Gasteiger partial charge in [-0.3, -0.25) is 4.79 Å². The summed E-state index contributed by atoms with van der Waals surface area (Å²) in [5, 5.41) is 3.21. The van der Waals surface area contributed by atoms with Crippen molar-refractivity contribution in [2.45, 2.75) is 25.3 Å². The van der Waals surface area contributed by atoms with Gasteiger partial charge < -0.3 is 10.2 Å². The first-order chi connectivity index (χ1) is 5.20. The third-order valence-corrected chi connectivity index (χ3v) is 2.15. The van der Waals surface area contributed by atoms with Gasteiger partial charge in [0, 0.05) is 20.1 Å². The van der Waals surface area contributed by atoms with Crippen LogP contribution in [0, 0.1) is 0 Å². The molecule has 11 heavy (non-hydrogen) atoms. The van der Waals surface area contributed by atoms with Crippen LogP contribution < -0.4 is 5.32 Å². The predicted octanol–water partition coefficient (Wildman–Crippen LogP) is 0.217. The molecule has 0 aromatic heterocycles. The normalized spacial score (nSPS) is 17.6. The largest absolute Gasteiger partial charge is 0.348 e. The molecule has 1 saturated carbocycles. The fourth-order valence-electron chi connectivity index (χ4n) is 1.00. The van der Waals surface area contributed by atoms with Gasteiger partial charge in [-0.1, -0.05) is 6.42 Å². The van der Waals surface area contributed by atoms with E-state index in [0.29, 0.717) is 12.6 Å². The van der Waals surface area contributed by atoms with Gasteiger partial charge in [-0.25, -0.2) is 0 Å². The highest BCUT2D eigenvalue weighted by Gasteiger charge is 2.17. The molecule has 0 heterocycles. The zero-order chi connectivity index (χ0) is 8.27. The Morgan fingerprint density at radius 3 is 2.55 bits per heavy atom. The summed E-state index contributed by atoms with van der Waals surface area (Å²) < 4.78 is 0. The number of nitrogens with zero attached hydrogens (tertiary/aromatic N) is 1. The molecule has 3 heteroatoms. The Morgan fingerprint density at radius 2 is 2.18 bits per heavy atom. The minimum atomic E-state index is 0.164. The third kappa shape index (κ3) is 2.50. The van der Waals surface area contributed by atoms with E-state index in [1.807, 2.05) is 0 Å². The number of rotatable bonds is 3. The van der Waals surface area contributed by atoms with Crippen LogP contribution >= 0.6 is 0 Å². The summed E-state index contributed by atoms with van der Waals surface area (Å²) in [7, 11) is 3.57. The smallest absolute Gasteiger partial charge is 0.236 e. The van der Waals surface area contributed by atoms with Gasteiger partial charge in [-0.05, 0) is 12.8 Å². The Kier molecular flexibility index (Phi) is 2.88. The highest BCUT2D eigenvalue weighted by Crippen LogP contribution is 2.17. The molecule has 0 aromatic rings. The van der Waals surface area contributed by atoms with Crippen molar-refractivity contribution >= 4 is 5.91 Å². The van der Waals surface area contributed by atoms with Crippen molar-refractivity contribution < 1.29 is 4.79 Å². The van der Waals surface area contributed by atoms with E-state index >= 15 is 0 Å². The summed E-state index contributed by atoms with van der Waals surface area (Å²) in [6.45, 7) is 0.498. The molecule has 1 rings (SSSR count). The molecule has 0 bridgehead atoms. The molecule has 1 N–H and O–H groups in total. The second-order valence-electron chi connectivity index (χ2n) is 3.30. The van der Waals surface area contributed by atoms with Crippen LogP contribution in [-0.4, -0.2) is 37.5 Å². The molecule has 0 aliphatic heterocycles. The monoisotopic (exact) mass is 156 g/mol. The van der Waals surface area contributed by atoms with E-state index in [0.717, 1.165) is 0 Å². The number of carbonyl (C=O) groups excluding carboxylic acids is 1. The maximum Gasteiger partial charge on any atom is 0.236 e. The summed E-state index contributed by atoms with van der Waals surface area (Å²) in [6, 6.07) is 0.610. The minimum Gasteiger partial charge on any atom is -0.348 e. The van der Waals surface area contributed by atoms with E-state index in [9.17, 15) is 4.79 Å². The Labute approximate surface area is 67.8 Å². The van der Waals surface area contributed by atoms with Crippen molar-refractivity contribution in [3.8, 4) is 0 Å². The lowest BCUT2D eigenvalue weighted by atomic mass is 9.93. The van der Waals surface area contributed by atoms with Crippen molar-refractivity contribution in [3.05, 3.63) is 0 Å². The van der Waals surface area contributed by atoms with Crippen LogP contribution in [0.25, 0.3) is 0 Å². The maximum atomic E-state index is 11.1. The molecule has 0 aromatic carbocycles. The zero-order valence-corrected chi connectivity index (χ0v) is 7.26.